The standard InChI is InChI=1S/C30H41N5O4S/c1-34(2,3)17-9-13-25(36)33-24-15-14-23(31-16-10-18-35(4,5)19-26(37)32-20-40-6)27-28(24)30(39)22-12-8-7-11-21(22)29(27)38/h7-8,11-12,14-15H,9-10,13,16-20H2,1-6H3,(H-2,31,32,33,36,37,38,39)/p+2. The van der Waals surface area contributed by atoms with Crippen molar-refractivity contribution in [3.05, 3.63) is 58.7 Å². The number of carbonyl (C=O) groups excluding carboxylic acids is 4. The van der Waals surface area contributed by atoms with Gasteiger partial charge in [-0.2, -0.15) is 0 Å². The predicted octanol–water partition coefficient (Wildman–Crippen LogP) is 3.20. The molecule has 0 heterocycles. The van der Waals surface area contributed by atoms with Crippen LogP contribution in [-0.2, 0) is 9.59 Å². The monoisotopic (exact) mass is 569 g/mol. The van der Waals surface area contributed by atoms with Gasteiger partial charge in [0.05, 0.1) is 71.0 Å². The minimum absolute atomic E-state index is 0.0132. The topological polar surface area (TPSA) is 104 Å². The molecular weight excluding hydrogens is 526 g/mol. The minimum atomic E-state index is -0.274. The van der Waals surface area contributed by atoms with E-state index in [9.17, 15) is 19.2 Å². The number of anilines is 2. The fraction of sp³-hybridized carbons (Fsp3) is 0.467. The van der Waals surface area contributed by atoms with Crippen LogP contribution in [0, 0.1) is 0 Å². The van der Waals surface area contributed by atoms with Crippen LogP contribution in [0.3, 0.4) is 0 Å². The lowest BCUT2D eigenvalue weighted by Crippen LogP contribution is -2.48. The van der Waals surface area contributed by atoms with Crippen molar-refractivity contribution in [2.45, 2.75) is 19.3 Å². The molecule has 1 aliphatic rings. The number of rotatable bonds is 14. The summed E-state index contributed by atoms with van der Waals surface area (Å²) in [5, 5.41) is 9.13. The van der Waals surface area contributed by atoms with Crippen molar-refractivity contribution in [2.24, 2.45) is 0 Å². The van der Waals surface area contributed by atoms with E-state index in [4.69, 9.17) is 0 Å². The highest BCUT2D eigenvalue weighted by molar-refractivity contribution is 7.98. The van der Waals surface area contributed by atoms with Crippen LogP contribution in [0.1, 0.15) is 51.1 Å². The second kappa shape index (κ2) is 13.4. The minimum Gasteiger partial charge on any atom is -0.384 e. The van der Waals surface area contributed by atoms with Gasteiger partial charge in [0.25, 0.3) is 5.91 Å². The van der Waals surface area contributed by atoms with E-state index in [1.54, 1.807) is 48.2 Å². The van der Waals surface area contributed by atoms with Crippen LogP contribution in [-0.4, -0.2) is 106 Å². The van der Waals surface area contributed by atoms with Gasteiger partial charge in [-0.05, 0) is 18.4 Å². The fourth-order valence-corrected chi connectivity index (χ4v) is 5.11. The molecule has 0 aromatic heterocycles. The van der Waals surface area contributed by atoms with Crippen LogP contribution in [0.4, 0.5) is 11.4 Å². The molecule has 0 spiro atoms. The fourth-order valence-electron chi connectivity index (χ4n) is 4.81. The molecule has 0 atom stereocenters. The van der Waals surface area contributed by atoms with Crippen molar-refractivity contribution in [1.29, 1.82) is 0 Å². The average Bonchev–Trinajstić information content (AvgIpc) is 2.88. The smallest absolute Gasteiger partial charge is 0.275 e. The highest BCUT2D eigenvalue weighted by atomic mass is 32.2. The lowest BCUT2D eigenvalue weighted by atomic mass is 9.82. The van der Waals surface area contributed by atoms with Gasteiger partial charge in [-0.1, -0.05) is 24.3 Å². The predicted molar refractivity (Wildman–Crippen MR) is 162 cm³/mol. The Hall–Kier alpha value is -3.21. The molecule has 0 aliphatic heterocycles. The molecule has 0 bridgehead atoms. The van der Waals surface area contributed by atoms with Crippen molar-refractivity contribution in [3.8, 4) is 0 Å². The Kier molecular flexibility index (Phi) is 10.5. The van der Waals surface area contributed by atoms with Gasteiger partial charge in [0.2, 0.25) is 5.91 Å². The summed E-state index contributed by atoms with van der Waals surface area (Å²) in [6.07, 6.45) is 3.73. The summed E-state index contributed by atoms with van der Waals surface area (Å²) in [4.78, 5) is 52.2. The third kappa shape index (κ3) is 8.39. The number of benzene rings is 2. The summed E-state index contributed by atoms with van der Waals surface area (Å²) in [6.45, 7) is 2.53. The quantitative estimate of drug-likeness (QED) is 0.157. The Morgan fingerprint density at radius 3 is 2.00 bits per heavy atom. The maximum atomic E-state index is 13.6. The number of nitrogens with zero attached hydrogens (tertiary/aromatic N) is 2. The zero-order valence-corrected chi connectivity index (χ0v) is 25.4. The van der Waals surface area contributed by atoms with Crippen LogP contribution in [0.2, 0.25) is 0 Å². The first-order valence-corrected chi connectivity index (χ1v) is 15.0. The Morgan fingerprint density at radius 2 is 1.40 bits per heavy atom. The molecule has 3 N–H and O–H groups in total. The number of likely N-dealkylation sites (N-methyl/N-ethyl adjacent to an activating group) is 1. The molecule has 2 amide bonds. The van der Waals surface area contributed by atoms with E-state index in [-0.39, 0.29) is 34.5 Å². The first-order chi connectivity index (χ1) is 18.8. The van der Waals surface area contributed by atoms with E-state index < -0.39 is 0 Å². The lowest BCUT2D eigenvalue weighted by Gasteiger charge is -2.29. The largest absolute Gasteiger partial charge is 0.384 e. The van der Waals surface area contributed by atoms with Gasteiger partial charge in [0.1, 0.15) is 0 Å². The molecule has 3 rings (SSSR count). The summed E-state index contributed by atoms with van der Waals surface area (Å²) in [6, 6.07) is 10.3. The second-order valence-electron chi connectivity index (χ2n) is 11.9. The van der Waals surface area contributed by atoms with Gasteiger partial charge in [0.15, 0.2) is 18.1 Å². The molecule has 0 fully saturated rings. The lowest BCUT2D eigenvalue weighted by molar-refractivity contribution is -0.882. The zero-order chi connectivity index (χ0) is 29.5. The molecule has 2 aromatic rings. The first kappa shape index (κ1) is 31.3. The third-order valence-electron chi connectivity index (χ3n) is 6.82. The Balaban J connectivity index is 1.77. The number of hydrogen-bond donors (Lipinski definition) is 3. The molecule has 9 nitrogen and oxygen atoms in total. The molecule has 2 aromatic carbocycles. The van der Waals surface area contributed by atoms with E-state index in [1.807, 2.05) is 20.4 Å². The van der Waals surface area contributed by atoms with E-state index in [1.165, 1.54) is 0 Å². The van der Waals surface area contributed by atoms with Crippen LogP contribution in [0.5, 0.6) is 0 Å². The van der Waals surface area contributed by atoms with Crippen molar-refractivity contribution >= 4 is 46.5 Å². The molecule has 0 saturated heterocycles. The number of quaternary nitrogens is 2. The summed E-state index contributed by atoms with van der Waals surface area (Å²) in [5.41, 5.74) is 2.15. The number of carbonyl (C=O) groups is 4. The van der Waals surface area contributed by atoms with Gasteiger partial charge in [-0.3, -0.25) is 19.2 Å². The molecule has 0 saturated carbocycles. The van der Waals surface area contributed by atoms with Gasteiger partial charge in [-0.25, -0.2) is 0 Å². The normalized spacial score (nSPS) is 12.9. The van der Waals surface area contributed by atoms with E-state index in [0.29, 0.717) is 58.8 Å². The van der Waals surface area contributed by atoms with Crippen molar-refractivity contribution in [3.63, 3.8) is 0 Å². The van der Waals surface area contributed by atoms with E-state index in [2.05, 4.69) is 37.1 Å². The van der Waals surface area contributed by atoms with Gasteiger partial charge < -0.3 is 24.9 Å². The van der Waals surface area contributed by atoms with Crippen LogP contribution < -0.4 is 16.0 Å². The Bertz CT molecular complexity index is 1270. The van der Waals surface area contributed by atoms with Gasteiger partial charge in [-0.15, -0.1) is 11.8 Å². The maximum absolute atomic E-state index is 13.6. The Morgan fingerprint density at radius 1 is 0.800 bits per heavy atom. The Labute approximate surface area is 241 Å². The summed E-state index contributed by atoms with van der Waals surface area (Å²) in [7, 11) is 10.2. The highest BCUT2D eigenvalue weighted by Gasteiger charge is 2.34. The van der Waals surface area contributed by atoms with Crippen molar-refractivity contribution in [2.75, 3.05) is 84.2 Å². The third-order valence-corrected chi connectivity index (χ3v) is 7.26. The highest BCUT2D eigenvalue weighted by Crippen LogP contribution is 2.36. The summed E-state index contributed by atoms with van der Waals surface area (Å²) >= 11 is 1.57. The van der Waals surface area contributed by atoms with Crippen LogP contribution in [0.15, 0.2) is 36.4 Å². The van der Waals surface area contributed by atoms with Crippen molar-refractivity contribution < 1.29 is 28.1 Å². The van der Waals surface area contributed by atoms with E-state index >= 15 is 0 Å². The molecular formula is C30H43N5O4S+2. The van der Waals surface area contributed by atoms with Gasteiger partial charge in [0, 0.05) is 42.6 Å². The number of fused-ring (bicyclic) bond motifs is 2. The summed E-state index contributed by atoms with van der Waals surface area (Å²) < 4.78 is 1.29. The first-order valence-electron chi connectivity index (χ1n) is 13.6. The number of nitrogens with one attached hydrogen (secondary N) is 3. The zero-order valence-electron chi connectivity index (χ0n) is 24.6. The summed E-state index contributed by atoms with van der Waals surface area (Å²) in [5.74, 6) is -0.0927. The molecule has 216 valence electrons. The SMILES string of the molecule is CSCNC(=O)C[N+](C)(C)CCCNc1ccc(NC(=O)CCC[N+](C)(C)C)c2c1C(=O)c1ccccc1C2=O. The molecule has 1 aliphatic carbocycles. The second-order valence-corrected chi connectivity index (χ2v) is 12.8. The van der Waals surface area contributed by atoms with Crippen molar-refractivity contribution in [1.82, 2.24) is 5.32 Å². The maximum Gasteiger partial charge on any atom is 0.275 e. The molecule has 0 unspecified atom stereocenters. The van der Waals surface area contributed by atoms with Crippen LogP contribution in [0.25, 0.3) is 0 Å². The number of amides is 2. The number of ketones is 2. The molecule has 0 radical (unpaired) electrons. The molecule has 10 heteroatoms. The van der Waals surface area contributed by atoms with Crippen LogP contribution >= 0.6 is 11.8 Å². The number of thioether (sulfide) groups is 1. The number of hydrogen-bond acceptors (Lipinski definition) is 6. The molecule has 40 heavy (non-hydrogen) atoms. The van der Waals surface area contributed by atoms with E-state index in [0.717, 1.165) is 24.0 Å². The van der Waals surface area contributed by atoms with Gasteiger partial charge >= 0.3 is 0 Å². The average molecular weight is 570 g/mol.